The van der Waals surface area contributed by atoms with Crippen LogP contribution in [0.3, 0.4) is 0 Å². The van der Waals surface area contributed by atoms with Gasteiger partial charge < -0.3 is 9.72 Å². The van der Waals surface area contributed by atoms with Crippen LogP contribution in [-0.4, -0.2) is 22.0 Å². The Morgan fingerprint density at radius 2 is 1.82 bits per heavy atom. The molecule has 0 spiro atoms. The van der Waals surface area contributed by atoms with Crippen LogP contribution in [0.5, 0.6) is 5.75 Å². The number of nitrogens with zero attached hydrogens (tertiary/aromatic N) is 1. The number of thiazole rings is 1. The van der Waals surface area contributed by atoms with Crippen molar-refractivity contribution in [1.29, 1.82) is 0 Å². The smallest absolute Gasteiger partial charge is 0.305 e. The molecule has 1 aromatic heterocycles. The molecule has 6 rings (SSSR count). The molecule has 10 heteroatoms. The van der Waals surface area contributed by atoms with E-state index in [-0.39, 0.29) is 23.3 Å². The number of aromatic nitrogens is 1. The molecule has 1 N–H and O–H groups in total. The largest absolute Gasteiger partial charge is 0.489 e. The predicted molar refractivity (Wildman–Crippen MR) is 154 cm³/mol. The number of hydrogen-bond donors (Lipinski definition) is 1. The fourth-order valence-electron chi connectivity index (χ4n) is 4.98. The summed E-state index contributed by atoms with van der Waals surface area (Å²) in [5, 5.41) is 0.563. The van der Waals surface area contributed by atoms with E-state index in [2.05, 4.69) is 20.9 Å². The average molecular weight is 628 g/mol. The third-order valence-corrected chi connectivity index (χ3v) is 9.84. The summed E-state index contributed by atoms with van der Waals surface area (Å²) in [6.45, 7) is 2.22. The van der Waals surface area contributed by atoms with Gasteiger partial charge in [0.2, 0.25) is 11.8 Å². The van der Waals surface area contributed by atoms with Crippen LogP contribution in [0, 0.1) is 12.8 Å². The number of amides is 2. The predicted octanol–water partition coefficient (Wildman–Crippen LogP) is 6.54. The highest BCUT2D eigenvalue weighted by Gasteiger charge is 2.56. The Balaban J connectivity index is 1.45. The van der Waals surface area contributed by atoms with Gasteiger partial charge >= 0.3 is 4.87 Å². The zero-order chi connectivity index (χ0) is 26.6. The quantitative estimate of drug-likeness (QED) is 0.255. The number of imide groups is 1. The SMILES string of the molecule is Cc1ccc(N2C(=O)C3Sc4[nH]c(=O)sc4[C@H](c4cc(Br)ccc4OCc4cccc(Cl)c4)C3C2=O)cc1. The number of halogens is 2. The Kier molecular flexibility index (Phi) is 6.72. The number of carbonyl (C=O) groups is 2. The highest BCUT2D eigenvalue weighted by Crippen LogP contribution is 2.54. The maximum absolute atomic E-state index is 14.0. The third-order valence-electron chi connectivity index (χ3n) is 6.71. The number of H-pyrrole nitrogens is 1. The van der Waals surface area contributed by atoms with Crippen molar-refractivity contribution >= 4 is 68.1 Å². The Morgan fingerprint density at radius 1 is 1.03 bits per heavy atom. The fourth-order valence-corrected chi connectivity index (χ4v) is 8.08. The maximum atomic E-state index is 14.0. The van der Waals surface area contributed by atoms with Crippen LogP contribution in [0.25, 0.3) is 0 Å². The van der Waals surface area contributed by atoms with E-state index >= 15 is 0 Å². The number of ether oxygens (including phenoxy) is 1. The molecule has 2 unspecified atom stereocenters. The number of rotatable bonds is 5. The molecule has 3 heterocycles. The van der Waals surface area contributed by atoms with Crippen molar-refractivity contribution in [3.8, 4) is 5.75 Å². The van der Waals surface area contributed by atoms with Crippen molar-refractivity contribution in [2.24, 2.45) is 5.92 Å². The van der Waals surface area contributed by atoms with Crippen LogP contribution >= 0.6 is 50.6 Å². The second-order valence-electron chi connectivity index (χ2n) is 9.20. The number of fused-ring (bicyclic) bond motifs is 2. The summed E-state index contributed by atoms with van der Waals surface area (Å²) in [5.41, 5.74) is 3.21. The lowest BCUT2D eigenvalue weighted by Gasteiger charge is -2.31. The van der Waals surface area contributed by atoms with Crippen LogP contribution in [0.2, 0.25) is 5.02 Å². The minimum atomic E-state index is -0.699. The zero-order valence-corrected chi connectivity index (χ0v) is 23.9. The molecule has 2 aliphatic rings. The van der Waals surface area contributed by atoms with E-state index in [0.717, 1.165) is 37.4 Å². The van der Waals surface area contributed by atoms with Gasteiger partial charge in [0.05, 0.1) is 16.6 Å². The fraction of sp³-hybridized carbons (Fsp3) is 0.179. The molecule has 4 aromatic rings. The van der Waals surface area contributed by atoms with E-state index in [1.165, 1.54) is 16.7 Å². The summed E-state index contributed by atoms with van der Waals surface area (Å²) >= 11 is 12.0. The molecule has 1 saturated heterocycles. The molecule has 3 aromatic carbocycles. The molecule has 0 bridgehead atoms. The molecule has 0 radical (unpaired) electrons. The molecule has 192 valence electrons. The van der Waals surface area contributed by atoms with Gasteiger partial charge in [0, 0.05) is 25.9 Å². The first-order chi connectivity index (χ1) is 18.3. The number of benzene rings is 3. The molecule has 6 nitrogen and oxygen atoms in total. The molecule has 1 fully saturated rings. The van der Waals surface area contributed by atoms with E-state index in [1.807, 2.05) is 55.5 Å². The summed E-state index contributed by atoms with van der Waals surface area (Å²) in [6, 6.07) is 20.4. The standard InChI is InChI=1S/C28H20BrClN2O4S2/c1-14-5-8-18(9-6-14)32-26(33)22-21(23-25(31-28(35)38-23)37-24(22)27(32)34)19-12-16(29)7-10-20(19)36-13-15-3-2-4-17(30)11-15/h2-12,21-22,24H,13H2,1H3,(H,31,35)/t21-,22?,24?/m1/s1. The van der Waals surface area contributed by atoms with Gasteiger partial charge in [-0.05, 0) is 55.0 Å². The van der Waals surface area contributed by atoms with Crippen molar-refractivity contribution in [3.63, 3.8) is 0 Å². The molecular weight excluding hydrogens is 608 g/mol. The second kappa shape index (κ2) is 10.0. The van der Waals surface area contributed by atoms with Crippen molar-refractivity contribution in [3.05, 3.63) is 107 Å². The number of anilines is 1. The van der Waals surface area contributed by atoms with Crippen molar-refractivity contribution < 1.29 is 14.3 Å². The van der Waals surface area contributed by atoms with E-state index < -0.39 is 17.1 Å². The first kappa shape index (κ1) is 25.4. The van der Waals surface area contributed by atoms with Gasteiger partial charge in [0.1, 0.15) is 17.6 Å². The Hall–Kier alpha value is -2.85. The van der Waals surface area contributed by atoms with Gasteiger partial charge in [0.25, 0.3) is 0 Å². The van der Waals surface area contributed by atoms with Crippen molar-refractivity contribution in [2.75, 3.05) is 4.90 Å². The van der Waals surface area contributed by atoms with E-state index in [1.54, 1.807) is 18.2 Å². The zero-order valence-electron chi connectivity index (χ0n) is 19.9. The summed E-state index contributed by atoms with van der Waals surface area (Å²) in [4.78, 5) is 44.8. The Morgan fingerprint density at radius 3 is 2.58 bits per heavy atom. The van der Waals surface area contributed by atoms with E-state index in [9.17, 15) is 14.4 Å². The average Bonchev–Trinajstić information content (AvgIpc) is 3.38. The lowest BCUT2D eigenvalue weighted by atomic mass is 9.82. The monoisotopic (exact) mass is 626 g/mol. The molecular formula is C28H20BrClN2O4S2. The lowest BCUT2D eigenvalue weighted by molar-refractivity contribution is -0.122. The number of aromatic amines is 1. The second-order valence-corrected chi connectivity index (χ2v) is 12.7. The third kappa shape index (κ3) is 4.51. The van der Waals surface area contributed by atoms with Gasteiger partial charge in [-0.1, -0.05) is 80.5 Å². The topological polar surface area (TPSA) is 79.5 Å². The highest BCUT2D eigenvalue weighted by atomic mass is 79.9. The lowest BCUT2D eigenvalue weighted by Crippen LogP contribution is -2.32. The van der Waals surface area contributed by atoms with Gasteiger partial charge in [-0.3, -0.25) is 14.4 Å². The number of aryl methyl sites for hydroxylation is 1. The van der Waals surface area contributed by atoms with Crippen LogP contribution in [0.15, 0.2) is 81.0 Å². The number of carbonyl (C=O) groups excluding carboxylic acids is 2. The summed E-state index contributed by atoms with van der Waals surface area (Å²) in [6.07, 6.45) is 0. The maximum Gasteiger partial charge on any atom is 0.305 e. The van der Waals surface area contributed by atoms with Crippen LogP contribution < -0.4 is 14.5 Å². The van der Waals surface area contributed by atoms with Gasteiger partial charge in [-0.15, -0.1) is 0 Å². The van der Waals surface area contributed by atoms with Gasteiger partial charge in [-0.2, -0.15) is 0 Å². The highest BCUT2D eigenvalue weighted by molar-refractivity contribution is 9.10. The number of hydrogen-bond acceptors (Lipinski definition) is 6. The molecule has 0 aliphatic carbocycles. The first-order valence-corrected chi connectivity index (χ1v) is 14.7. The van der Waals surface area contributed by atoms with Crippen LogP contribution in [-0.2, 0) is 16.2 Å². The van der Waals surface area contributed by atoms with E-state index in [0.29, 0.717) is 21.5 Å². The number of thioether (sulfide) groups is 1. The van der Waals surface area contributed by atoms with Gasteiger partial charge in [0.15, 0.2) is 0 Å². The van der Waals surface area contributed by atoms with Crippen molar-refractivity contribution in [2.45, 2.75) is 29.7 Å². The molecule has 38 heavy (non-hydrogen) atoms. The minimum Gasteiger partial charge on any atom is -0.489 e. The van der Waals surface area contributed by atoms with Gasteiger partial charge in [-0.25, -0.2) is 4.90 Å². The van der Waals surface area contributed by atoms with Crippen LogP contribution in [0.4, 0.5) is 5.69 Å². The Labute approximate surface area is 240 Å². The molecule has 3 atom stereocenters. The molecule has 2 amide bonds. The molecule has 0 saturated carbocycles. The first-order valence-electron chi connectivity index (χ1n) is 11.8. The summed E-state index contributed by atoms with van der Waals surface area (Å²) in [5.74, 6) is -1.24. The van der Waals surface area contributed by atoms with E-state index in [4.69, 9.17) is 16.3 Å². The summed E-state index contributed by atoms with van der Waals surface area (Å²) < 4.78 is 7.06. The van der Waals surface area contributed by atoms with Crippen molar-refractivity contribution in [1.82, 2.24) is 4.98 Å². The summed E-state index contributed by atoms with van der Waals surface area (Å²) in [7, 11) is 0. The molecule has 2 aliphatic heterocycles. The Bertz CT molecular complexity index is 1630. The van der Waals surface area contributed by atoms with Crippen LogP contribution in [0.1, 0.15) is 27.5 Å². The minimum absolute atomic E-state index is 0.223. The normalized spacial score (nSPS) is 20.4. The number of nitrogens with one attached hydrogen (secondary N) is 1.